The zero-order valence-corrected chi connectivity index (χ0v) is 25.5. The average molecular weight is 619 g/mol. The highest BCUT2D eigenvalue weighted by Crippen LogP contribution is 2.32. The number of unbranched alkanes of at least 4 members (excludes halogenated alkanes) is 3. The second-order valence-electron chi connectivity index (χ2n) is 11.0. The summed E-state index contributed by atoms with van der Waals surface area (Å²) < 4.78 is 23.6. The molecular weight excluding hydrogens is 576 g/mol. The molecule has 1 aliphatic carbocycles. The fourth-order valence-corrected chi connectivity index (χ4v) is 5.24. The van der Waals surface area contributed by atoms with Crippen molar-refractivity contribution in [2.75, 3.05) is 13.2 Å². The number of carbonyl (C=O) groups is 2. The maximum Gasteiger partial charge on any atom is 0.303 e. The second-order valence-corrected chi connectivity index (χ2v) is 11.0. The quantitative estimate of drug-likeness (QED) is 0.141. The number of rotatable bonds is 19. The third kappa shape index (κ3) is 10.9. The molecule has 0 aromatic heterocycles. The molecule has 45 heavy (non-hydrogen) atoms. The lowest BCUT2D eigenvalue weighted by molar-refractivity contribution is -0.138. The molecule has 2 aliphatic rings. The van der Waals surface area contributed by atoms with Gasteiger partial charge in [-0.2, -0.15) is 0 Å². The van der Waals surface area contributed by atoms with Gasteiger partial charge in [-0.25, -0.2) is 0 Å². The number of hydrogen-bond donors (Lipinski definition) is 3. The van der Waals surface area contributed by atoms with Crippen molar-refractivity contribution in [3.05, 3.63) is 101 Å². The monoisotopic (exact) mass is 618 g/mol. The van der Waals surface area contributed by atoms with Crippen molar-refractivity contribution in [2.45, 2.75) is 77.2 Å². The van der Waals surface area contributed by atoms with Gasteiger partial charge in [-0.15, -0.1) is 0 Å². The maximum absolute atomic E-state index is 11.3. The third-order valence-electron chi connectivity index (χ3n) is 7.55. The van der Waals surface area contributed by atoms with E-state index in [1.165, 1.54) is 0 Å². The highest BCUT2D eigenvalue weighted by atomic mass is 16.5. The van der Waals surface area contributed by atoms with E-state index >= 15 is 0 Å². The first-order valence-electron chi connectivity index (χ1n) is 15.6. The molecule has 9 heteroatoms. The molecule has 1 heterocycles. The Bertz CT molecular complexity index is 1430. The minimum atomic E-state index is -0.869. The van der Waals surface area contributed by atoms with Gasteiger partial charge in [-0.05, 0) is 91.5 Å². The van der Waals surface area contributed by atoms with Crippen molar-refractivity contribution in [2.24, 2.45) is 0 Å². The molecule has 0 saturated heterocycles. The van der Waals surface area contributed by atoms with Crippen molar-refractivity contribution < 1.29 is 43.9 Å². The van der Waals surface area contributed by atoms with E-state index in [9.17, 15) is 19.8 Å². The van der Waals surface area contributed by atoms with Crippen molar-refractivity contribution >= 4 is 17.7 Å². The van der Waals surface area contributed by atoms with Crippen molar-refractivity contribution in [1.29, 1.82) is 0 Å². The normalized spacial score (nSPS) is 14.0. The van der Waals surface area contributed by atoms with Crippen LogP contribution in [0.5, 0.6) is 11.5 Å². The first-order valence-corrected chi connectivity index (χ1v) is 15.6. The van der Waals surface area contributed by atoms with E-state index < -0.39 is 11.9 Å². The predicted octanol–water partition coefficient (Wildman–Crippen LogP) is 7.08. The third-order valence-corrected chi connectivity index (χ3v) is 7.55. The fraction of sp³-hybridized carbons (Fsp3) is 0.389. The molecule has 2 aromatic carbocycles. The molecule has 1 aliphatic heterocycles. The fourth-order valence-electron chi connectivity index (χ4n) is 5.24. The topological polar surface area (TPSA) is 132 Å². The van der Waals surface area contributed by atoms with Gasteiger partial charge in [-0.1, -0.05) is 43.2 Å². The molecule has 2 aromatic rings. The number of carboxylic acids is 2. The molecule has 4 rings (SSSR count). The lowest BCUT2D eigenvalue weighted by Crippen LogP contribution is -2.07. The van der Waals surface area contributed by atoms with Gasteiger partial charge in [0.15, 0.2) is 11.5 Å². The summed E-state index contributed by atoms with van der Waals surface area (Å²) in [6, 6.07) is 11.3. The van der Waals surface area contributed by atoms with Gasteiger partial charge < -0.3 is 34.3 Å². The number of aliphatic carboxylic acids is 2. The van der Waals surface area contributed by atoms with Crippen LogP contribution < -0.4 is 9.47 Å². The Morgan fingerprint density at radius 2 is 1.64 bits per heavy atom. The van der Waals surface area contributed by atoms with Gasteiger partial charge in [0.2, 0.25) is 0 Å². The van der Waals surface area contributed by atoms with Crippen LogP contribution in [0.25, 0.3) is 5.76 Å². The van der Waals surface area contributed by atoms with E-state index in [-0.39, 0.29) is 26.1 Å². The lowest BCUT2D eigenvalue weighted by Gasteiger charge is -2.20. The van der Waals surface area contributed by atoms with Crippen LogP contribution in [0.4, 0.5) is 0 Å². The summed E-state index contributed by atoms with van der Waals surface area (Å²) >= 11 is 0. The van der Waals surface area contributed by atoms with Gasteiger partial charge in [0.05, 0.1) is 19.8 Å². The van der Waals surface area contributed by atoms with E-state index in [2.05, 4.69) is 6.08 Å². The second kappa shape index (κ2) is 17.7. The van der Waals surface area contributed by atoms with Crippen molar-refractivity contribution in [3.8, 4) is 11.5 Å². The summed E-state index contributed by atoms with van der Waals surface area (Å²) in [4.78, 5) is 22.0. The number of allylic oxidation sites excluding steroid dienone is 4. The SMILES string of the molecule is O=C(O)CCCOc1cccc(CCCCCCOc2cc(CO)cc(C3=COC=C(C4=CC=CCC4)O3)c2)c1CCC(=O)O. The average Bonchev–Trinajstić information content (AvgIpc) is 3.06. The molecule has 0 fully saturated rings. The molecule has 0 saturated carbocycles. The Morgan fingerprint density at radius 3 is 2.42 bits per heavy atom. The van der Waals surface area contributed by atoms with Gasteiger partial charge >= 0.3 is 11.9 Å². The summed E-state index contributed by atoms with van der Waals surface area (Å²) in [7, 11) is 0. The molecular formula is C36H42O9. The Morgan fingerprint density at radius 1 is 0.844 bits per heavy atom. The number of hydrogen-bond acceptors (Lipinski definition) is 7. The first-order chi connectivity index (χ1) is 21.9. The first kappa shape index (κ1) is 33.4. The van der Waals surface area contributed by atoms with Crippen LogP contribution in [0.3, 0.4) is 0 Å². The maximum atomic E-state index is 11.3. The van der Waals surface area contributed by atoms with E-state index in [0.717, 1.165) is 72.8 Å². The van der Waals surface area contributed by atoms with Gasteiger partial charge in [0.1, 0.15) is 24.0 Å². The molecule has 0 spiro atoms. The van der Waals surface area contributed by atoms with E-state index in [0.29, 0.717) is 42.5 Å². The van der Waals surface area contributed by atoms with Crippen LogP contribution in [0, 0.1) is 0 Å². The van der Waals surface area contributed by atoms with Crippen LogP contribution in [0.1, 0.15) is 80.0 Å². The molecule has 0 amide bonds. The highest BCUT2D eigenvalue weighted by molar-refractivity contribution is 5.67. The van der Waals surface area contributed by atoms with Crippen LogP contribution in [-0.2, 0) is 38.5 Å². The Hall–Kier alpha value is -4.50. The molecule has 0 atom stereocenters. The highest BCUT2D eigenvalue weighted by Gasteiger charge is 2.18. The minimum absolute atomic E-state index is 0.00299. The zero-order valence-electron chi connectivity index (χ0n) is 25.5. The Labute approximate surface area is 264 Å². The van der Waals surface area contributed by atoms with Crippen molar-refractivity contribution in [3.63, 3.8) is 0 Å². The number of ether oxygens (including phenoxy) is 4. The standard InChI is InChI=1S/C36H42O9/c37-23-26-20-29(34-25-42-24-33(45-34)28-11-5-3-6-12-28)22-30(21-26)43-18-7-2-1-4-10-27-13-8-14-32(31(27)16-17-36(40)41)44-19-9-15-35(38)39/h3,5,8,11,13-14,20-22,24-25,37H,1-2,4,6-7,9-10,12,15-19,23H2,(H,38,39)(H,40,41). The molecule has 0 radical (unpaired) electrons. The van der Waals surface area contributed by atoms with Crippen LogP contribution in [0.15, 0.2) is 78.5 Å². The summed E-state index contributed by atoms with van der Waals surface area (Å²) in [5.41, 5.74) is 4.50. The zero-order chi connectivity index (χ0) is 31.9. The molecule has 9 nitrogen and oxygen atoms in total. The van der Waals surface area contributed by atoms with Gasteiger partial charge in [0.25, 0.3) is 0 Å². The van der Waals surface area contributed by atoms with Gasteiger partial charge in [-0.3, -0.25) is 9.59 Å². The smallest absolute Gasteiger partial charge is 0.303 e. The number of aliphatic hydroxyl groups excluding tert-OH is 1. The Balaban J connectivity index is 1.25. The molecule has 0 bridgehead atoms. The van der Waals surface area contributed by atoms with Crippen LogP contribution in [-0.4, -0.2) is 40.5 Å². The molecule has 0 unspecified atom stereocenters. The molecule has 240 valence electrons. The summed E-state index contributed by atoms with van der Waals surface area (Å²) in [6.45, 7) is 0.670. The van der Waals surface area contributed by atoms with Crippen LogP contribution >= 0.6 is 0 Å². The number of benzene rings is 2. The van der Waals surface area contributed by atoms with E-state index in [1.54, 1.807) is 12.5 Å². The summed E-state index contributed by atoms with van der Waals surface area (Å²) in [5.74, 6) is 0.782. The Kier molecular flexibility index (Phi) is 13.1. The predicted molar refractivity (Wildman–Crippen MR) is 169 cm³/mol. The summed E-state index contributed by atoms with van der Waals surface area (Å²) in [6.07, 6.45) is 16.5. The van der Waals surface area contributed by atoms with Crippen LogP contribution in [0.2, 0.25) is 0 Å². The van der Waals surface area contributed by atoms with Gasteiger partial charge in [0, 0.05) is 18.4 Å². The number of aryl methyl sites for hydroxylation is 1. The van der Waals surface area contributed by atoms with E-state index in [1.807, 2.05) is 48.6 Å². The lowest BCUT2D eigenvalue weighted by atomic mass is 9.97. The largest absolute Gasteiger partial charge is 0.494 e. The van der Waals surface area contributed by atoms with Crippen molar-refractivity contribution in [1.82, 2.24) is 0 Å². The molecule has 3 N–H and O–H groups in total. The number of carboxylic acid groups (broad SMARTS) is 2. The number of aliphatic hydroxyl groups is 1. The minimum Gasteiger partial charge on any atom is -0.494 e. The van der Waals surface area contributed by atoms with E-state index in [4.69, 9.17) is 24.1 Å². The summed E-state index contributed by atoms with van der Waals surface area (Å²) in [5, 5.41) is 27.9.